The van der Waals surface area contributed by atoms with Crippen molar-refractivity contribution in [1.82, 2.24) is 19.7 Å². The second kappa shape index (κ2) is 4.24. The van der Waals surface area contributed by atoms with E-state index in [9.17, 15) is 0 Å². The quantitative estimate of drug-likeness (QED) is 0.590. The molecule has 104 valence electrons. The van der Waals surface area contributed by atoms with Crippen LogP contribution in [0.1, 0.15) is 0 Å². The highest BCUT2D eigenvalue weighted by Crippen LogP contribution is 2.35. The van der Waals surface area contributed by atoms with Crippen molar-refractivity contribution in [1.29, 1.82) is 0 Å². The number of nitrogen functional groups attached to an aromatic ring is 1. The minimum atomic E-state index is 0.403. The molecule has 0 amide bonds. The van der Waals surface area contributed by atoms with Crippen LogP contribution in [0.5, 0.6) is 0 Å². The highest BCUT2D eigenvalue weighted by atomic mass is 16.3. The van der Waals surface area contributed by atoms with Crippen LogP contribution in [0.3, 0.4) is 0 Å². The van der Waals surface area contributed by atoms with E-state index < -0.39 is 0 Å². The number of hydrogen-bond donors (Lipinski definition) is 2. The van der Waals surface area contributed by atoms with Crippen LogP contribution in [0.2, 0.25) is 0 Å². The van der Waals surface area contributed by atoms with Crippen LogP contribution >= 0.6 is 0 Å². The van der Waals surface area contributed by atoms with Gasteiger partial charge in [0.1, 0.15) is 11.5 Å². The summed E-state index contributed by atoms with van der Waals surface area (Å²) >= 11 is 0. The maximum Gasteiger partial charge on any atom is 0.157 e. The molecule has 0 atom stereocenters. The van der Waals surface area contributed by atoms with Gasteiger partial charge in [-0.15, -0.1) is 0 Å². The van der Waals surface area contributed by atoms with Crippen LogP contribution in [0, 0.1) is 0 Å². The Labute approximate surface area is 120 Å². The summed E-state index contributed by atoms with van der Waals surface area (Å²) in [5, 5.41) is 7.02. The van der Waals surface area contributed by atoms with E-state index in [0.717, 1.165) is 28.1 Å². The van der Waals surface area contributed by atoms with Crippen molar-refractivity contribution < 1.29 is 4.42 Å². The van der Waals surface area contributed by atoms with Crippen LogP contribution in [0.25, 0.3) is 33.9 Å². The number of nitrogens with zero attached hydrogens (tertiary/aromatic N) is 3. The standard InChI is InChI=1S/C15H13N5O/c1-20-10-6-3-2-5-9(10)17-15(20)12-13(18-19-14(12)16)11-7-4-8-21-11/h2-8H,1H3,(H3,16,18,19). The minimum absolute atomic E-state index is 0.403. The summed E-state index contributed by atoms with van der Waals surface area (Å²) in [5.41, 5.74) is 9.48. The van der Waals surface area contributed by atoms with E-state index in [1.54, 1.807) is 6.26 Å². The smallest absolute Gasteiger partial charge is 0.157 e. The first-order valence-electron chi connectivity index (χ1n) is 6.55. The first-order chi connectivity index (χ1) is 10.3. The molecule has 0 saturated heterocycles. The predicted molar refractivity (Wildman–Crippen MR) is 80.4 cm³/mol. The molecule has 0 aliphatic heterocycles. The minimum Gasteiger partial charge on any atom is -0.463 e. The molecular weight excluding hydrogens is 266 g/mol. The van der Waals surface area contributed by atoms with E-state index in [2.05, 4.69) is 15.2 Å². The third kappa shape index (κ3) is 1.66. The van der Waals surface area contributed by atoms with Crippen LogP contribution in [-0.2, 0) is 7.05 Å². The number of aryl methyl sites for hydroxylation is 1. The monoisotopic (exact) mass is 279 g/mol. The lowest BCUT2D eigenvalue weighted by Crippen LogP contribution is -1.96. The maximum atomic E-state index is 6.03. The second-order valence-corrected chi connectivity index (χ2v) is 4.82. The van der Waals surface area contributed by atoms with Gasteiger partial charge in [0.15, 0.2) is 11.6 Å². The zero-order valence-electron chi connectivity index (χ0n) is 11.4. The molecule has 4 rings (SSSR count). The van der Waals surface area contributed by atoms with Crippen molar-refractivity contribution in [2.45, 2.75) is 0 Å². The van der Waals surface area contributed by atoms with Gasteiger partial charge >= 0.3 is 0 Å². The Morgan fingerprint density at radius 1 is 1.19 bits per heavy atom. The van der Waals surface area contributed by atoms with E-state index in [-0.39, 0.29) is 0 Å². The van der Waals surface area contributed by atoms with Gasteiger partial charge in [-0.1, -0.05) is 12.1 Å². The molecule has 0 aliphatic rings. The number of anilines is 1. The molecule has 3 N–H and O–H groups in total. The third-order valence-electron chi connectivity index (χ3n) is 3.57. The lowest BCUT2D eigenvalue weighted by Gasteiger charge is -2.03. The number of hydrogen-bond acceptors (Lipinski definition) is 4. The van der Waals surface area contributed by atoms with Gasteiger partial charge in [0, 0.05) is 7.05 Å². The van der Waals surface area contributed by atoms with Crippen molar-refractivity contribution in [2.75, 3.05) is 5.73 Å². The first-order valence-corrected chi connectivity index (χ1v) is 6.55. The number of rotatable bonds is 2. The number of aromatic amines is 1. The van der Waals surface area contributed by atoms with Crippen LogP contribution in [-0.4, -0.2) is 19.7 Å². The zero-order chi connectivity index (χ0) is 14.4. The van der Waals surface area contributed by atoms with E-state index in [0.29, 0.717) is 11.6 Å². The maximum absolute atomic E-state index is 6.03. The number of benzene rings is 1. The molecule has 3 heterocycles. The topological polar surface area (TPSA) is 85.7 Å². The number of fused-ring (bicyclic) bond motifs is 1. The summed E-state index contributed by atoms with van der Waals surface area (Å²) in [5.74, 6) is 1.84. The Morgan fingerprint density at radius 2 is 2.05 bits per heavy atom. The fourth-order valence-corrected chi connectivity index (χ4v) is 2.55. The van der Waals surface area contributed by atoms with Crippen LogP contribution < -0.4 is 5.73 Å². The molecule has 0 saturated carbocycles. The van der Waals surface area contributed by atoms with E-state index in [1.807, 2.05) is 48.0 Å². The average Bonchev–Trinajstić information content (AvgIpc) is 3.19. The Hall–Kier alpha value is -3.02. The SMILES string of the molecule is Cn1c(-c2c(N)n[nH]c2-c2ccco2)nc2ccccc21. The average molecular weight is 279 g/mol. The fraction of sp³-hybridized carbons (Fsp3) is 0.0667. The number of nitrogens with one attached hydrogen (secondary N) is 1. The van der Waals surface area contributed by atoms with Crippen LogP contribution in [0.4, 0.5) is 5.82 Å². The fourth-order valence-electron chi connectivity index (χ4n) is 2.55. The van der Waals surface area contributed by atoms with Crippen molar-refractivity contribution in [2.24, 2.45) is 7.05 Å². The summed E-state index contributed by atoms with van der Waals surface area (Å²) in [7, 11) is 1.96. The van der Waals surface area contributed by atoms with Crippen molar-refractivity contribution in [3.05, 3.63) is 42.7 Å². The van der Waals surface area contributed by atoms with Crippen LogP contribution in [0.15, 0.2) is 47.1 Å². The molecule has 6 heteroatoms. The van der Waals surface area contributed by atoms with Crippen molar-refractivity contribution >= 4 is 16.9 Å². The molecule has 1 aromatic carbocycles. The lowest BCUT2D eigenvalue weighted by molar-refractivity contribution is 0.580. The molecule has 0 radical (unpaired) electrons. The number of H-pyrrole nitrogens is 1. The number of aromatic nitrogens is 4. The summed E-state index contributed by atoms with van der Waals surface area (Å²) in [4.78, 5) is 4.67. The van der Waals surface area contributed by atoms with Gasteiger partial charge in [-0.25, -0.2) is 4.98 Å². The summed E-state index contributed by atoms with van der Waals surface area (Å²) in [6.45, 7) is 0. The molecule has 0 unspecified atom stereocenters. The number of para-hydroxylation sites is 2. The van der Waals surface area contributed by atoms with E-state index in [4.69, 9.17) is 10.2 Å². The Morgan fingerprint density at radius 3 is 2.81 bits per heavy atom. The van der Waals surface area contributed by atoms with Gasteiger partial charge in [-0.3, -0.25) is 5.10 Å². The number of imidazole rings is 1. The first kappa shape index (κ1) is 11.8. The normalized spacial score (nSPS) is 11.3. The largest absolute Gasteiger partial charge is 0.463 e. The summed E-state index contributed by atoms with van der Waals surface area (Å²) in [6.07, 6.45) is 1.62. The molecular formula is C15H13N5O. The Balaban J connectivity index is 2.01. The molecule has 21 heavy (non-hydrogen) atoms. The highest BCUT2D eigenvalue weighted by Gasteiger charge is 2.21. The van der Waals surface area contributed by atoms with Gasteiger partial charge in [0.05, 0.1) is 22.9 Å². The molecule has 4 aromatic rings. The third-order valence-corrected chi connectivity index (χ3v) is 3.57. The van der Waals surface area contributed by atoms with E-state index >= 15 is 0 Å². The highest BCUT2D eigenvalue weighted by molar-refractivity contribution is 5.88. The zero-order valence-corrected chi connectivity index (χ0v) is 11.4. The van der Waals surface area contributed by atoms with Gasteiger partial charge in [-0.05, 0) is 24.3 Å². The Kier molecular flexibility index (Phi) is 2.38. The van der Waals surface area contributed by atoms with Gasteiger partial charge in [0.25, 0.3) is 0 Å². The number of furan rings is 1. The Bertz CT molecular complexity index is 917. The summed E-state index contributed by atoms with van der Waals surface area (Å²) in [6, 6.07) is 11.6. The van der Waals surface area contributed by atoms with Gasteiger partial charge in [0.2, 0.25) is 0 Å². The van der Waals surface area contributed by atoms with E-state index in [1.165, 1.54) is 0 Å². The molecule has 0 fully saturated rings. The molecule has 0 spiro atoms. The molecule has 0 bridgehead atoms. The lowest BCUT2D eigenvalue weighted by atomic mass is 10.2. The number of nitrogens with two attached hydrogens (primary N) is 1. The van der Waals surface area contributed by atoms with Gasteiger partial charge < -0.3 is 14.7 Å². The van der Waals surface area contributed by atoms with Gasteiger partial charge in [-0.2, -0.15) is 5.10 Å². The second-order valence-electron chi connectivity index (χ2n) is 4.82. The molecule has 0 aliphatic carbocycles. The van der Waals surface area contributed by atoms with Crippen molar-refractivity contribution in [3.63, 3.8) is 0 Å². The van der Waals surface area contributed by atoms with Crippen molar-refractivity contribution in [3.8, 4) is 22.8 Å². The summed E-state index contributed by atoms with van der Waals surface area (Å²) < 4.78 is 7.45. The predicted octanol–water partition coefficient (Wildman–Crippen LogP) is 2.81. The molecule has 6 nitrogen and oxygen atoms in total. The molecule has 3 aromatic heterocycles.